The van der Waals surface area contributed by atoms with Crippen molar-refractivity contribution >= 4 is 10.9 Å². The van der Waals surface area contributed by atoms with E-state index >= 15 is 0 Å². The van der Waals surface area contributed by atoms with Crippen molar-refractivity contribution in [3.8, 4) is 0 Å². The van der Waals surface area contributed by atoms with Gasteiger partial charge in [-0.25, -0.2) is 0 Å². The maximum Gasteiger partial charge on any atom is 0.0858 e. The highest BCUT2D eigenvalue weighted by molar-refractivity contribution is 5.82. The van der Waals surface area contributed by atoms with Crippen LogP contribution in [-0.2, 0) is 0 Å². The molecule has 1 atom stereocenters. The monoisotopic (exact) mass is 204 g/mol. The summed E-state index contributed by atoms with van der Waals surface area (Å²) in [5.41, 5.74) is 1.76. The maximum atomic E-state index is 10.2. The van der Waals surface area contributed by atoms with Gasteiger partial charge >= 0.3 is 0 Å². The Kier molecular flexibility index (Phi) is 2.27. The highest BCUT2D eigenvalue weighted by atomic mass is 16.3. The molecule has 80 valence electrons. The molecule has 0 fully saturated rings. The van der Waals surface area contributed by atoms with Gasteiger partial charge in [-0.15, -0.1) is 0 Å². The Balaban J connectivity index is 2.53. The minimum Gasteiger partial charge on any atom is -0.388 e. The number of H-pyrrole nitrogens is 1. The van der Waals surface area contributed by atoms with E-state index in [0.29, 0.717) is 0 Å². The lowest BCUT2D eigenvalue weighted by Crippen LogP contribution is -2.17. The van der Waals surface area contributed by atoms with E-state index < -0.39 is 6.10 Å². The number of aliphatic hydroxyl groups is 1. The zero-order valence-electron chi connectivity index (χ0n) is 9.28. The van der Waals surface area contributed by atoms with Gasteiger partial charge in [0.1, 0.15) is 0 Å². The number of aliphatic hydroxyl groups excluding tert-OH is 1. The fourth-order valence-electron chi connectivity index (χ4n) is 1.69. The first-order valence-electron chi connectivity index (χ1n) is 5.09. The van der Waals surface area contributed by atoms with Crippen LogP contribution in [0.4, 0.5) is 0 Å². The molecule has 0 aliphatic rings. The molecular formula is C12H16N2O. The van der Waals surface area contributed by atoms with Gasteiger partial charge in [-0.05, 0) is 11.5 Å². The molecule has 0 saturated heterocycles. The lowest BCUT2D eigenvalue weighted by atomic mass is 9.85. The van der Waals surface area contributed by atoms with Crippen LogP contribution in [0.1, 0.15) is 32.4 Å². The third-order valence-corrected chi connectivity index (χ3v) is 2.63. The zero-order chi connectivity index (χ0) is 11.1. The van der Waals surface area contributed by atoms with Crippen molar-refractivity contribution in [1.29, 1.82) is 0 Å². The normalized spacial score (nSPS) is 14.4. The molecular weight excluding hydrogens is 188 g/mol. The first kappa shape index (κ1) is 10.2. The van der Waals surface area contributed by atoms with Crippen LogP contribution in [0.5, 0.6) is 0 Å². The van der Waals surface area contributed by atoms with Crippen LogP contribution < -0.4 is 0 Å². The van der Waals surface area contributed by atoms with E-state index in [1.807, 2.05) is 33.0 Å². The van der Waals surface area contributed by atoms with Crippen LogP contribution in [0.2, 0.25) is 0 Å². The predicted octanol–water partition coefficient (Wildman–Crippen LogP) is 2.64. The molecule has 0 aromatic carbocycles. The first-order valence-corrected chi connectivity index (χ1v) is 5.09. The van der Waals surface area contributed by atoms with Gasteiger partial charge in [-0.2, -0.15) is 0 Å². The average Bonchev–Trinajstić information content (AvgIpc) is 2.58. The molecule has 2 aromatic rings. The zero-order valence-corrected chi connectivity index (χ0v) is 9.28. The Morgan fingerprint density at radius 3 is 2.80 bits per heavy atom. The summed E-state index contributed by atoms with van der Waals surface area (Å²) in [6.07, 6.45) is 4.92. The van der Waals surface area contributed by atoms with E-state index in [-0.39, 0.29) is 5.41 Å². The van der Waals surface area contributed by atoms with Crippen molar-refractivity contribution in [2.75, 3.05) is 0 Å². The second-order valence-electron chi connectivity index (χ2n) is 4.93. The smallest absolute Gasteiger partial charge is 0.0858 e. The SMILES string of the molecule is CC(C)(C)C(O)c1c[nH]c2cnccc12. The van der Waals surface area contributed by atoms with E-state index in [4.69, 9.17) is 0 Å². The third kappa shape index (κ3) is 1.75. The summed E-state index contributed by atoms with van der Waals surface area (Å²) >= 11 is 0. The molecule has 2 rings (SSSR count). The van der Waals surface area contributed by atoms with Gasteiger partial charge in [-0.3, -0.25) is 4.98 Å². The summed E-state index contributed by atoms with van der Waals surface area (Å²) in [6.45, 7) is 6.08. The van der Waals surface area contributed by atoms with Gasteiger partial charge in [0.2, 0.25) is 0 Å². The van der Waals surface area contributed by atoms with Crippen LogP contribution in [0.15, 0.2) is 24.7 Å². The van der Waals surface area contributed by atoms with Crippen LogP contribution >= 0.6 is 0 Å². The fraction of sp³-hybridized carbons (Fsp3) is 0.417. The molecule has 3 heteroatoms. The summed E-state index contributed by atoms with van der Waals surface area (Å²) in [7, 11) is 0. The van der Waals surface area contributed by atoms with E-state index in [9.17, 15) is 5.11 Å². The summed E-state index contributed by atoms with van der Waals surface area (Å²) in [5, 5.41) is 11.3. The quantitative estimate of drug-likeness (QED) is 0.750. The Hall–Kier alpha value is -1.35. The molecule has 1 unspecified atom stereocenters. The lowest BCUT2D eigenvalue weighted by Gasteiger charge is -2.25. The van der Waals surface area contributed by atoms with Gasteiger partial charge in [-0.1, -0.05) is 20.8 Å². The summed E-state index contributed by atoms with van der Waals surface area (Å²) in [6, 6.07) is 1.93. The van der Waals surface area contributed by atoms with Crippen molar-refractivity contribution in [2.24, 2.45) is 5.41 Å². The predicted molar refractivity (Wildman–Crippen MR) is 60.5 cm³/mol. The molecule has 0 bridgehead atoms. The fourth-order valence-corrected chi connectivity index (χ4v) is 1.69. The second kappa shape index (κ2) is 3.35. The van der Waals surface area contributed by atoms with Gasteiger partial charge in [0.05, 0.1) is 17.8 Å². The van der Waals surface area contributed by atoms with Crippen molar-refractivity contribution in [3.63, 3.8) is 0 Å². The number of hydrogen-bond acceptors (Lipinski definition) is 2. The third-order valence-electron chi connectivity index (χ3n) is 2.63. The molecule has 0 radical (unpaired) electrons. The van der Waals surface area contributed by atoms with Gasteiger partial charge in [0, 0.05) is 23.3 Å². The minimum absolute atomic E-state index is 0.154. The summed E-state index contributed by atoms with van der Waals surface area (Å²) < 4.78 is 0. The largest absolute Gasteiger partial charge is 0.388 e. The molecule has 3 nitrogen and oxygen atoms in total. The first-order chi connectivity index (χ1) is 7.00. The Morgan fingerprint density at radius 2 is 2.13 bits per heavy atom. The highest BCUT2D eigenvalue weighted by Gasteiger charge is 2.25. The summed E-state index contributed by atoms with van der Waals surface area (Å²) in [5.74, 6) is 0. The van der Waals surface area contributed by atoms with E-state index in [1.165, 1.54) is 0 Å². The highest BCUT2D eigenvalue weighted by Crippen LogP contribution is 2.35. The van der Waals surface area contributed by atoms with Crippen LogP contribution in [0, 0.1) is 5.41 Å². The molecule has 0 spiro atoms. The van der Waals surface area contributed by atoms with E-state index in [2.05, 4.69) is 9.97 Å². The number of aromatic nitrogens is 2. The number of nitrogens with one attached hydrogen (secondary N) is 1. The molecule has 15 heavy (non-hydrogen) atoms. The number of rotatable bonds is 1. The molecule has 0 amide bonds. The Morgan fingerprint density at radius 1 is 1.40 bits per heavy atom. The lowest BCUT2D eigenvalue weighted by molar-refractivity contribution is 0.0639. The number of fused-ring (bicyclic) bond motifs is 1. The summed E-state index contributed by atoms with van der Waals surface area (Å²) in [4.78, 5) is 7.15. The molecule has 0 saturated carbocycles. The van der Waals surface area contributed by atoms with Crippen LogP contribution in [-0.4, -0.2) is 15.1 Å². The number of aromatic amines is 1. The second-order valence-corrected chi connectivity index (χ2v) is 4.93. The van der Waals surface area contributed by atoms with Crippen molar-refractivity contribution in [3.05, 3.63) is 30.2 Å². The molecule has 2 heterocycles. The van der Waals surface area contributed by atoms with Crippen molar-refractivity contribution < 1.29 is 5.11 Å². The topological polar surface area (TPSA) is 48.9 Å². The minimum atomic E-state index is -0.464. The van der Waals surface area contributed by atoms with E-state index in [1.54, 1.807) is 12.4 Å². The molecule has 0 aliphatic carbocycles. The molecule has 0 aliphatic heterocycles. The number of pyridine rings is 1. The maximum absolute atomic E-state index is 10.2. The Bertz CT molecular complexity index is 468. The van der Waals surface area contributed by atoms with Crippen molar-refractivity contribution in [1.82, 2.24) is 9.97 Å². The molecule has 2 aromatic heterocycles. The average molecular weight is 204 g/mol. The standard InChI is InChI=1S/C12H16N2O/c1-12(2,3)11(15)9-6-14-10-7-13-5-4-8(9)10/h4-7,11,14-15H,1-3H3. The number of nitrogens with zero attached hydrogens (tertiary/aromatic N) is 1. The number of hydrogen-bond donors (Lipinski definition) is 2. The van der Waals surface area contributed by atoms with Gasteiger partial charge in [0.15, 0.2) is 0 Å². The van der Waals surface area contributed by atoms with E-state index in [0.717, 1.165) is 16.5 Å². The molecule has 2 N–H and O–H groups in total. The van der Waals surface area contributed by atoms with Crippen LogP contribution in [0.25, 0.3) is 10.9 Å². The Labute approximate surface area is 89.2 Å². The van der Waals surface area contributed by atoms with Gasteiger partial charge in [0.25, 0.3) is 0 Å². The van der Waals surface area contributed by atoms with Crippen molar-refractivity contribution in [2.45, 2.75) is 26.9 Å². The van der Waals surface area contributed by atoms with Gasteiger partial charge < -0.3 is 10.1 Å². The van der Waals surface area contributed by atoms with Crippen LogP contribution in [0.3, 0.4) is 0 Å².